The first-order chi connectivity index (χ1) is 11.7. The lowest BCUT2D eigenvalue weighted by Gasteiger charge is -2.12. The maximum atomic E-state index is 8.89. The van der Waals surface area contributed by atoms with E-state index in [0.29, 0.717) is 5.75 Å². The Morgan fingerprint density at radius 2 is 1.29 bits per heavy atom. The molecule has 0 radical (unpaired) electrons. The smallest absolute Gasteiger partial charge is 0.512 e. The number of hydrogen-bond donors (Lipinski definition) is 2. The number of fused-ring (bicyclic) bond motifs is 3. The van der Waals surface area contributed by atoms with Crippen LogP contribution in [0.3, 0.4) is 0 Å². The quantitative estimate of drug-likeness (QED) is 0.444. The Morgan fingerprint density at radius 3 is 2.00 bits per heavy atom. The first-order valence-corrected chi connectivity index (χ1v) is 7.76. The highest BCUT2D eigenvalue weighted by Crippen LogP contribution is 2.35. The van der Waals surface area contributed by atoms with Gasteiger partial charge in [0.1, 0.15) is 5.75 Å². The van der Waals surface area contributed by atoms with Gasteiger partial charge in [-0.2, -0.15) is 0 Å². The monoisotopic (exact) mass is 314 g/mol. The predicted molar refractivity (Wildman–Crippen MR) is 97.7 cm³/mol. The van der Waals surface area contributed by atoms with Crippen molar-refractivity contribution in [2.24, 2.45) is 0 Å². The highest BCUT2D eigenvalue weighted by molar-refractivity contribution is 6.33. The van der Waals surface area contributed by atoms with Crippen molar-refractivity contribution in [3.63, 3.8) is 0 Å². The van der Waals surface area contributed by atoms with Crippen LogP contribution in [0.1, 0.15) is 0 Å². The summed E-state index contributed by atoms with van der Waals surface area (Å²) >= 11 is 0. The SMILES string of the molecule is OB(O)Oc1ccc(-c2cc3ccccc3c3ccccc23)cc1. The molecule has 0 aliphatic heterocycles. The summed E-state index contributed by atoms with van der Waals surface area (Å²) in [5.74, 6) is 0.416. The van der Waals surface area contributed by atoms with Crippen molar-refractivity contribution in [1.29, 1.82) is 0 Å². The molecule has 0 aliphatic carbocycles. The Kier molecular flexibility index (Phi) is 3.69. The fourth-order valence-corrected chi connectivity index (χ4v) is 3.13. The predicted octanol–water partition coefficient (Wildman–Crippen LogP) is 4.01. The number of hydrogen-bond acceptors (Lipinski definition) is 3. The molecule has 0 bridgehead atoms. The summed E-state index contributed by atoms with van der Waals surface area (Å²) in [7, 11) is -1.81. The van der Waals surface area contributed by atoms with Gasteiger partial charge >= 0.3 is 7.32 Å². The van der Waals surface area contributed by atoms with Crippen LogP contribution in [0.15, 0.2) is 78.9 Å². The maximum absolute atomic E-state index is 8.89. The van der Waals surface area contributed by atoms with Crippen LogP contribution in [0.25, 0.3) is 32.7 Å². The molecule has 0 aromatic heterocycles. The second kappa shape index (κ2) is 6.00. The average Bonchev–Trinajstić information content (AvgIpc) is 2.61. The molecule has 116 valence electrons. The largest absolute Gasteiger partial charge is 0.707 e. The molecule has 4 heteroatoms. The van der Waals surface area contributed by atoms with Crippen LogP contribution >= 0.6 is 0 Å². The normalized spacial score (nSPS) is 10.9. The standard InChI is InChI=1S/C20H15BO3/c22-21(23)24-16-11-9-14(10-12-16)20-13-15-5-1-2-6-17(15)18-7-3-4-8-19(18)20/h1-13,22-23H. The molecule has 0 saturated carbocycles. The van der Waals surface area contributed by atoms with Crippen molar-refractivity contribution in [3.8, 4) is 16.9 Å². The lowest BCUT2D eigenvalue weighted by molar-refractivity contribution is 0.288. The van der Waals surface area contributed by atoms with Gasteiger partial charge in [-0.3, -0.25) is 0 Å². The molecule has 4 aromatic carbocycles. The van der Waals surface area contributed by atoms with Gasteiger partial charge in [-0.05, 0) is 50.9 Å². The first-order valence-electron chi connectivity index (χ1n) is 7.76. The molecule has 4 rings (SSSR count). The highest BCUT2D eigenvalue weighted by atomic mass is 16.6. The molecule has 0 fully saturated rings. The van der Waals surface area contributed by atoms with Crippen molar-refractivity contribution in [2.75, 3.05) is 0 Å². The van der Waals surface area contributed by atoms with Crippen molar-refractivity contribution in [2.45, 2.75) is 0 Å². The van der Waals surface area contributed by atoms with Gasteiger partial charge in [0, 0.05) is 0 Å². The Morgan fingerprint density at radius 1 is 0.667 bits per heavy atom. The summed E-state index contributed by atoms with van der Waals surface area (Å²) in [5, 5.41) is 22.6. The molecule has 0 unspecified atom stereocenters. The molecule has 0 aliphatic rings. The second-order valence-electron chi connectivity index (χ2n) is 5.66. The molecule has 0 amide bonds. The molecular weight excluding hydrogens is 299 g/mol. The Labute approximate surface area is 139 Å². The van der Waals surface area contributed by atoms with E-state index in [1.165, 1.54) is 21.5 Å². The Balaban J connectivity index is 1.92. The third-order valence-corrected chi connectivity index (χ3v) is 4.17. The van der Waals surface area contributed by atoms with E-state index in [1.807, 2.05) is 24.3 Å². The van der Waals surface area contributed by atoms with E-state index in [9.17, 15) is 0 Å². The van der Waals surface area contributed by atoms with E-state index >= 15 is 0 Å². The van der Waals surface area contributed by atoms with E-state index in [-0.39, 0.29) is 0 Å². The molecule has 4 aromatic rings. The van der Waals surface area contributed by atoms with Gasteiger partial charge in [0.2, 0.25) is 0 Å². The van der Waals surface area contributed by atoms with Crippen LogP contribution in [0.4, 0.5) is 0 Å². The molecule has 2 N–H and O–H groups in total. The lowest BCUT2D eigenvalue weighted by Crippen LogP contribution is -2.20. The third-order valence-electron chi connectivity index (χ3n) is 4.17. The molecule has 0 atom stereocenters. The van der Waals surface area contributed by atoms with Gasteiger partial charge in [0.25, 0.3) is 0 Å². The molecule has 24 heavy (non-hydrogen) atoms. The van der Waals surface area contributed by atoms with Crippen molar-refractivity contribution in [3.05, 3.63) is 78.9 Å². The summed E-state index contributed by atoms with van der Waals surface area (Å²) in [6, 6.07) is 26.2. The van der Waals surface area contributed by atoms with Crippen molar-refractivity contribution < 1.29 is 14.7 Å². The summed E-state index contributed by atoms with van der Waals surface area (Å²) < 4.78 is 4.87. The van der Waals surface area contributed by atoms with Gasteiger partial charge in [-0.15, -0.1) is 0 Å². The van der Waals surface area contributed by atoms with Crippen LogP contribution < -0.4 is 4.65 Å². The van der Waals surface area contributed by atoms with Crippen LogP contribution in [-0.4, -0.2) is 17.4 Å². The zero-order valence-electron chi connectivity index (χ0n) is 12.9. The summed E-state index contributed by atoms with van der Waals surface area (Å²) in [6.07, 6.45) is 0. The molecule has 0 heterocycles. The summed E-state index contributed by atoms with van der Waals surface area (Å²) in [5.41, 5.74) is 2.19. The minimum Gasteiger partial charge on any atom is -0.512 e. The first kappa shape index (κ1) is 14.8. The van der Waals surface area contributed by atoms with Gasteiger partial charge in [-0.25, -0.2) is 0 Å². The maximum Gasteiger partial charge on any atom is 0.707 e. The van der Waals surface area contributed by atoms with Gasteiger partial charge < -0.3 is 14.7 Å². The topological polar surface area (TPSA) is 49.7 Å². The summed E-state index contributed by atoms with van der Waals surface area (Å²) in [6.45, 7) is 0. The fraction of sp³-hybridized carbons (Fsp3) is 0. The van der Waals surface area contributed by atoms with Gasteiger partial charge in [-0.1, -0.05) is 60.7 Å². The van der Waals surface area contributed by atoms with Crippen molar-refractivity contribution >= 4 is 28.9 Å². The van der Waals surface area contributed by atoms with Gasteiger partial charge in [0.05, 0.1) is 0 Å². The molecular formula is C20H15BO3. The van der Waals surface area contributed by atoms with E-state index in [1.54, 1.807) is 12.1 Å². The number of benzene rings is 4. The van der Waals surface area contributed by atoms with E-state index in [4.69, 9.17) is 14.7 Å². The lowest BCUT2D eigenvalue weighted by atomic mass is 9.93. The van der Waals surface area contributed by atoms with E-state index < -0.39 is 7.32 Å². The van der Waals surface area contributed by atoms with Crippen molar-refractivity contribution in [1.82, 2.24) is 0 Å². The van der Waals surface area contributed by atoms with E-state index in [0.717, 1.165) is 11.1 Å². The van der Waals surface area contributed by atoms with E-state index in [2.05, 4.69) is 42.5 Å². The molecule has 0 saturated heterocycles. The zero-order valence-corrected chi connectivity index (χ0v) is 12.9. The number of rotatable bonds is 3. The Bertz CT molecular complexity index is 1010. The van der Waals surface area contributed by atoms with Gasteiger partial charge in [0.15, 0.2) is 0 Å². The summed E-state index contributed by atoms with van der Waals surface area (Å²) in [4.78, 5) is 0. The van der Waals surface area contributed by atoms with Crippen LogP contribution in [-0.2, 0) is 0 Å². The molecule has 0 spiro atoms. The second-order valence-corrected chi connectivity index (χ2v) is 5.66. The molecule has 3 nitrogen and oxygen atoms in total. The highest BCUT2D eigenvalue weighted by Gasteiger charge is 2.12. The van der Waals surface area contributed by atoms with Crippen LogP contribution in [0.5, 0.6) is 5.75 Å². The van der Waals surface area contributed by atoms with Crippen LogP contribution in [0, 0.1) is 0 Å². The minimum absolute atomic E-state index is 0.416. The third kappa shape index (κ3) is 2.62. The average molecular weight is 314 g/mol. The fourth-order valence-electron chi connectivity index (χ4n) is 3.13. The Hall–Kier alpha value is -2.82. The van der Waals surface area contributed by atoms with Crippen LogP contribution in [0.2, 0.25) is 0 Å². The zero-order chi connectivity index (χ0) is 16.5. The minimum atomic E-state index is -1.81.